The molecular weight excluding hydrogens is 250 g/mol. The normalized spacial score (nSPS) is 31.6. The third-order valence-corrected chi connectivity index (χ3v) is 5.13. The summed E-state index contributed by atoms with van der Waals surface area (Å²) in [6.07, 6.45) is 4.49. The fraction of sp³-hybridized carbons (Fsp3) is 0.529. The number of fused-ring (bicyclic) bond motifs is 3. The van der Waals surface area contributed by atoms with Crippen molar-refractivity contribution in [2.24, 2.45) is 11.3 Å². The molecule has 0 saturated heterocycles. The first-order valence-electron chi connectivity index (χ1n) is 7.30. The highest BCUT2D eigenvalue weighted by Crippen LogP contribution is 2.54. The Morgan fingerprint density at radius 3 is 2.95 bits per heavy atom. The largest absolute Gasteiger partial charge is 0.468 e. The quantitative estimate of drug-likeness (QED) is 0.736. The topological polar surface area (TPSA) is 50.1 Å². The third kappa shape index (κ3) is 1.75. The summed E-state index contributed by atoms with van der Waals surface area (Å²) in [5.74, 6) is 0.0881. The average Bonchev–Trinajstić information content (AvgIpc) is 2.53. The number of nitriles is 1. The highest BCUT2D eigenvalue weighted by molar-refractivity contribution is 5.81. The lowest BCUT2D eigenvalue weighted by molar-refractivity contribution is -0.155. The number of rotatable bonds is 1. The van der Waals surface area contributed by atoms with Crippen LogP contribution >= 0.6 is 0 Å². The van der Waals surface area contributed by atoms with Crippen molar-refractivity contribution in [1.29, 1.82) is 5.26 Å². The van der Waals surface area contributed by atoms with Gasteiger partial charge in [-0.15, -0.1) is 0 Å². The Morgan fingerprint density at radius 1 is 1.40 bits per heavy atom. The zero-order chi connectivity index (χ0) is 14.2. The molecule has 3 heteroatoms. The van der Waals surface area contributed by atoms with E-state index in [0.717, 1.165) is 25.7 Å². The zero-order valence-corrected chi connectivity index (χ0v) is 11.8. The first kappa shape index (κ1) is 13.2. The van der Waals surface area contributed by atoms with Crippen molar-refractivity contribution >= 4 is 5.97 Å². The molecule has 2 aliphatic carbocycles. The number of hydrogen-bond donors (Lipinski definition) is 0. The summed E-state index contributed by atoms with van der Waals surface area (Å²) < 4.78 is 4.96. The van der Waals surface area contributed by atoms with Gasteiger partial charge in [0.05, 0.1) is 13.2 Å². The van der Waals surface area contributed by atoms with Gasteiger partial charge >= 0.3 is 5.97 Å². The monoisotopic (exact) mass is 269 g/mol. The van der Waals surface area contributed by atoms with Gasteiger partial charge in [0.15, 0.2) is 5.41 Å². The van der Waals surface area contributed by atoms with Crippen LogP contribution in [0, 0.1) is 22.7 Å². The molecule has 0 spiro atoms. The second-order valence-electron chi connectivity index (χ2n) is 5.92. The van der Waals surface area contributed by atoms with Gasteiger partial charge in [0.1, 0.15) is 0 Å². The van der Waals surface area contributed by atoms with Crippen LogP contribution in [0.4, 0.5) is 0 Å². The van der Waals surface area contributed by atoms with E-state index in [4.69, 9.17) is 4.74 Å². The number of hydrogen-bond acceptors (Lipinski definition) is 3. The highest BCUT2D eigenvalue weighted by atomic mass is 16.5. The predicted molar refractivity (Wildman–Crippen MR) is 74.9 cm³/mol. The van der Waals surface area contributed by atoms with Gasteiger partial charge in [-0.2, -0.15) is 5.26 Å². The maximum atomic E-state index is 12.2. The summed E-state index contributed by atoms with van der Waals surface area (Å²) in [7, 11) is 1.39. The second-order valence-corrected chi connectivity index (χ2v) is 5.92. The number of aryl methyl sites for hydroxylation is 1. The van der Waals surface area contributed by atoms with Crippen molar-refractivity contribution in [2.45, 2.75) is 38.0 Å². The van der Waals surface area contributed by atoms with Crippen LogP contribution in [0.1, 0.15) is 42.7 Å². The number of esters is 1. The lowest BCUT2D eigenvalue weighted by Crippen LogP contribution is -2.45. The molecule has 1 fully saturated rings. The summed E-state index contributed by atoms with van der Waals surface area (Å²) in [5, 5.41) is 9.68. The molecule has 3 rings (SSSR count). The number of methoxy groups -OCH3 is 1. The van der Waals surface area contributed by atoms with Gasteiger partial charge in [-0.1, -0.05) is 30.7 Å². The standard InChI is InChI=1S/C17H19NO2/c1-20-16(19)17(11-18)10-4-7-14-13-6-3-2-5-12(13)8-9-15(14)17/h2-3,5-6,14-15H,4,7-10H2,1H3/t14-,15+,17?/m1/s1. The van der Waals surface area contributed by atoms with Crippen LogP contribution in [0.2, 0.25) is 0 Å². The predicted octanol–water partition coefficient (Wildman–Crippen LogP) is 3.20. The maximum absolute atomic E-state index is 12.2. The van der Waals surface area contributed by atoms with Gasteiger partial charge in [-0.3, -0.25) is 4.79 Å². The fourth-order valence-electron chi connectivity index (χ4n) is 4.21. The van der Waals surface area contributed by atoms with E-state index in [-0.39, 0.29) is 11.9 Å². The van der Waals surface area contributed by atoms with Crippen LogP contribution in [-0.2, 0) is 16.0 Å². The minimum Gasteiger partial charge on any atom is -0.468 e. The zero-order valence-electron chi connectivity index (χ0n) is 11.8. The van der Waals surface area contributed by atoms with Gasteiger partial charge in [-0.25, -0.2) is 0 Å². The minimum atomic E-state index is -0.939. The van der Waals surface area contributed by atoms with Crippen molar-refractivity contribution in [3.05, 3.63) is 35.4 Å². The molecule has 0 heterocycles. The van der Waals surface area contributed by atoms with Crippen LogP contribution in [0.25, 0.3) is 0 Å². The smallest absolute Gasteiger partial charge is 0.326 e. The molecule has 0 N–H and O–H groups in total. The Bertz CT molecular complexity index is 575. The van der Waals surface area contributed by atoms with Gasteiger partial charge < -0.3 is 4.74 Å². The van der Waals surface area contributed by atoms with Crippen LogP contribution in [0.3, 0.4) is 0 Å². The third-order valence-electron chi connectivity index (χ3n) is 5.13. The number of carbonyl (C=O) groups excluding carboxylic acids is 1. The molecule has 0 radical (unpaired) electrons. The fourth-order valence-corrected chi connectivity index (χ4v) is 4.21. The Morgan fingerprint density at radius 2 is 2.20 bits per heavy atom. The molecule has 2 aliphatic rings. The molecule has 0 aliphatic heterocycles. The SMILES string of the molecule is COC(=O)C1(C#N)CCC[C@@H]2c3ccccc3CC[C@@H]21. The summed E-state index contributed by atoms with van der Waals surface area (Å²) in [5.41, 5.74) is 1.78. The Kier molecular flexibility index (Phi) is 3.25. The molecular formula is C17H19NO2. The molecule has 1 unspecified atom stereocenters. The van der Waals surface area contributed by atoms with Crippen LogP contribution < -0.4 is 0 Å². The number of ether oxygens (including phenoxy) is 1. The van der Waals surface area contributed by atoms with Crippen LogP contribution in [0.15, 0.2) is 24.3 Å². The average molecular weight is 269 g/mol. The summed E-state index contributed by atoms with van der Waals surface area (Å²) in [4.78, 5) is 12.2. The van der Waals surface area contributed by atoms with Gasteiger partial charge in [0.2, 0.25) is 0 Å². The molecule has 20 heavy (non-hydrogen) atoms. The summed E-state index contributed by atoms with van der Waals surface area (Å²) in [6, 6.07) is 10.8. The maximum Gasteiger partial charge on any atom is 0.326 e. The van der Waals surface area contributed by atoms with Gasteiger partial charge in [0, 0.05) is 0 Å². The lowest BCUT2D eigenvalue weighted by Gasteiger charge is -2.45. The Hall–Kier alpha value is -1.82. The van der Waals surface area contributed by atoms with Crippen molar-refractivity contribution in [3.63, 3.8) is 0 Å². The molecule has 104 valence electrons. The van der Waals surface area contributed by atoms with Crippen LogP contribution in [-0.4, -0.2) is 13.1 Å². The first-order valence-corrected chi connectivity index (χ1v) is 7.30. The van der Waals surface area contributed by atoms with E-state index in [0.29, 0.717) is 12.3 Å². The van der Waals surface area contributed by atoms with E-state index in [9.17, 15) is 10.1 Å². The second kappa shape index (κ2) is 4.94. The lowest BCUT2D eigenvalue weighted by atomic mass is 9.56. The van der Waals surface area contributed by atoms with Crippen molar-refractivity contribution in [3.8, 4) is 6.07 Å². The summed E-state index contributed by atoms with van der Waals surface area (Å²) in [6.45, 7) is 0. The van der Waals surface area contributed by atoms with E-state index >= 15 is 0 Å². The molecule has 1 aromatic rings. The molecule has 0 bridgehead atoms. The molecule has 0 aromatic heterocycles. The molecule has 0 amide bonds. The number of benzene rings is 1. The van der Waals surface area contributed by atoms with Crippen molar-refractivity contribution < 1.29 is 9.53 Å². The number of carbonyl (C=O) groups is 1. The highest BCUT2D eigenvalue weighted by Gasteiger charge is 2.53. The Labute approximate surface area is 119 Å². The van der Waals surface area contributed by atoms with Crippen molar-refractivity contribution in [1.82, 2.24) is 0 Å². The van der Waals surface area contributed by atoms with Gasteiger partial charge in [0.25, 0.3) is 0 Å². The Balaban J connectivity index is 2.04. The van der Waals surface area contributed by atoms with Crippen molar-refractivity contribution in [2.75, 3.05) is 7.11 Å². The molecule has 3 atom stereocenters. The van der Waals surface area contributed by atoms with E-state index in [2.05, 4.69) is 30.3 Å². The summed E-state index contributed by atoms with van der Waals surface area (Å²) >= 11 is 0. The minimum absolute atomic E-state index is 0.101. The molecule has 3 nitrogen and oxygen atoms in total. The molecule has 1 aromatic carbocycles. The molecule has 1 saturated carbocycles. The van der Waals surface area contributed by atoms with E-state index in [1.165, 1.54) is 18.2 Å². The van der Waals surface area contributed by atoms with Crippen LogP contribution in [0.5, 0.6) is 0 Å². The van der Waals surface area contributed by atoms with E-state index < -0.39 is 5.41 Å². The number of nitrogens with zero attached hydrogens (tertiary/aromatic N) is 1. The van der Waals surface area contributed by atoms with Gasteiger partial charge in [-0.05, 0) is 48.6 Å². The van der Waals surface area contributed by atoms with E-state index in [1.807, 2.05) is 0 Å². The van der Waals surface area contributed by atoms with E-state index in [1.54, 1.807) is 0 Å². The first-order chi connectivity index (χ1) is 9.73.